The monoisotopic (exact) mass is 364 g/mol. The van der Waals surface area contributed by atoms with Gasteiger partial charge in [-0.2, -0.15) is 0 Å². The Hall–Kier alpha value is 0. The molecule has 0 nitrogen and oxygen atoms in total. The zero-order valence-corrected chi connectivity index (χ0v) is 18.7. The minimum atomic E-state index is 1.05. The van der Waals surface area contributed by atoms with Crippen LogP contribution in [0.3, 0.4) is 0 Å². The first-order valence-corrected chi connectivity index (χ1v) is 12.9. The van der Waals surface area contributed by atoms with Crippen LogP contribution in [0.5, 0.6) is 0 Å². The minimum Gasteiger partial charge on any atom is -0.0654 e. The third kappa shape index (κ3) is 14.1. The Morgan fingerprint density at radius 2 is 1.04 bits per heavy atom. The second kappa shape index (κ2) is 18.4. The zero-order chi connectivity index (χ0) is 18.7. The van der Waals surface area contributed by atoms with Gasteiger partial charge in [0.2, 0.25) is 0 Å². The number of unbranched alkanes of at least 4 members (excludes halogenated alkanes) is 10. The van der Waals surface area contributed by atoms with E-state index in [1.807, 2.05) is 0 Å². The molecule has 0 heteroatoms. The summed E-state index contributed by atoms with van der Waals surface area (Å²) in [5, 5.41) is 0. The molecule has 0 radical (unpaired) electrons. The summed E-state index contributed by atoms with van der Waals surface area (Å²) in [5.74, 6) is 2.14. The van der Waals surface area contributed by atoms with E-state index < -0.39 is 0 Å². The second-order valence-corrected chi connectivity index (χ2v) is 9.41. The van der Waals surface area contributed by atoms with Gasteiger partial charge in [-0.05, 0) is 11.8 Å². The molecule has 0 spiro atoms. The maximum atomic E-state index is 2.36. The standard InChI is InChI=1S/C26H52/c1-3-5-7-8-9-10-11-14-20-25(19-6-4-2)21-15-12-16-22-26-23-17-13-18-24-26/h25-26H,3-24H2,1-2H3. The van der Waals surface area contributed by atoms with Crippen molar-refractivity contribution in [2.24, 2.45) is 11.8 Å². The van der Waals surface area contributed by atoms with E-state index in [9.17, 15) is 0 Å². The summed E-state index contributed by atoms with van der Waals surface area (Å²) < 4.78 is 0. The molecule has 0 amide bonds. The first-order valence-electron chi connectivity index (χ1n) is 12.9. The van der Waals surface area contributed by atoms with Gasteiger partial charge in [0, 0.05) is 0 Å². The lowest BCUT2D eigenvalue weighted by molar-refractivity contribution is 0.321. The maximum absolute atomic E-state index is 2.36. The molecule has 26 heavy (non-hydrogen) atoms. The van der Waals surface area contributed by atoms with Crippen LogP contribution in [0.4, 0.5) is 0 Å². The Kier molecular flexibility index (Phi) is 17.0. The number of hydrogen-bond donors (Lipinski definition) is 0. The molecule has 0 N–H and O–H groups in total. The van der Waals surface area contributed by atoms with Gasteiger partial charge in [-0.3, -0.25) is 0 Å². The predicted octanol–water partition coefficient (Wildman–Crippen LogP) is 9.85. The molecule has 1 aliphatic rings. The Morgan fingerprint density at radius 1 is 0.538 bits per heavy atom. The van der Waals surface area contributed by atoms with Gasteiger partial charge in [0.25, 0.3) is 0 Å². The predicted molar refractivity (Wildman–Crippen MR) is 120 cm³/mol. The molecule has 1 unspecified atom stereocenters. The lowest BCUT2D eigenvalue weighted by Gasteiger charge is -2.21. The van der Waals surface area contributed by atoms with Crippen LogP contribution in [0.1, 0.15) is 155 Å². The van der Waals surface area contributed by atoms with Crippen molar-refractivity contribution in [3.63, 3.8) is 0 Å². The lowest BCUT2D eigenvalue weighted by atomic mass is 9.85. The molecule has 1 rings (SSSR count). The summed E-state index contributed by atoms with van der Waals surface area (Å²) in [5.41, 5.74) is 0. The summed E-state index contributed by atoms with van der Waals surface area (Å²) in [4.78, 5) is 0. The maximum Gasteiger partial charge on any atom is -0.0414 e. The zero-order valence-electron chi connectivity index (χ0n) is 18.7. The minimum absolute atomic E-state index is 1.05. The average molecular weight is 365 g/mol. The Bertz CT molecular complexity index is 263. The number of rotatable bonds is 18. The van der Waals surface area contributed by atoms with Gasteiger partial charge in [-0.25, -0.2) is 0 Å². The molecule has 0 aromatic rings. The van der Waals surface area contributed by atoms with Crippen molar-refractivity contribution >= 4 is 0 Å². The molecule has 0 aromatic heterocycles. The topological polar surface area (TPSA) is 0 Å². The van der Waals surface area contributed by atoms with Crippen LogP contribution in [0.25, 0.3) is 0 Å². The van der Waals surface area contributed by atoms with Crippen LogP contribution < -0.4 is 0 Å². The van der Waals surface area contributed by atoms with Crippen LogP contribution in [-0.2, 0) is 0 Å². The normalized spacial score (nSPS) is 16.8. The summed E-state index contributed by atoms with van der Waals surface area (Å²) >= 11 is 0. The van der Waals surface area contributed by atoms with Crippen LogP contribution in [0.15, 0.2) is 0 Å². The van der Waals surface area contributed by atoms with Gasteiger partial charge in [0.05, 0.1) is 0 Å². The molecule has 1 saturated carbocycles. The largest absolute Gasteiger partial charge is 0.0654 e. The van der Waals surface area contributed by atoms with Gasteiger partial charge in [0.15, 0.2) is 0 Å². The smallest absolute Gasteiger partial charge is 0.0414 e. The number of hydrogen-bond acceptors (Lipinski definition) is 0. The Balaban J connectivity index is 1.99. The van der Waals surface area contributed by atoms with E-state index in [0.717, 1.165) is 11.8 Å². The Labute approximate surface area is 167 Å². The van der Waals surface area contributed by atoms with E-state index >= 15 is 0 Å². The van der Waals surface area contributed by atoms with Crippen molar-refractivity contribution in [2.75, 3.05) is 0 Å². The molecule has 0 aromatic carbocycles. The molecule has 1 fully saturated rings. The van der Waals surface area contributed by atoms with Crippen molar-refractivity contribution in [2.45, 2.75) is 155 Å². The van der Waals surface area contributed by atoms with E-state index in [4.69, 9.17) is 0 Å². The molecular weight excluding hydrogens is 312 g/mol. The molecule has 1 aliphatic carbocycles. The summed E-state index contributed by atoms with van der Waals surface area (Å²) in [7, 11) is 0. The van der Waals surface area contributed by atoms with Crippen LogP contribution in [0.2, 0.25) is 0 Å². The van der Waals surface area contributed by atoms with Crippen molar-refractivity contribution in [3.8, 4) is 0 Å². The summed E-state index contributed by atoms with van der Waals surface area (Å²) in [6, 6.07) is 0. The van der Waals surface area contributed by atoms with Crippen LogP contribution in [-0.4, -0.2) is 0 Å². The fourth-order valence-electron chi connectivity index (χ4n) is 5.01. The molecule has 0 aliphatic heterocycles. The van der Waals surface area contributed by atoms with Crippen molar-refractivity contribution < 1.29 is 0 Å². The first kappa shape index (κ1) is 24.0. The molecule has 156 valence electrons. The fraction of sp³-hybridized carbons (Fsp3) is 1.00. The Morgan fingerprint density at radius 3 is 1.65 bits per heavy atom. The van der Waals surface area contributed by atoms with Crippen molar-refractivity contribution in [1.82, 2.24) is 0 Å². The molecule has 1 atom stereocenters. The van der Waals surface area contributed by atoms with Crippen LogP contribution in [0, 0.1) is 11.8 Å². The lowest BCUT2D eigenvalue weighted by Crippen LogP contribution is -2.06. The first-order chi connectivity index (χ1) is 12.9. The highest BCUT2D eigenvalue weighted by atomic mass is 14.2. The molecule has 0 bridgehead atoms. The van der Waals surface area contributed by atoms with Gasteiger partial charge in [0.1, 0.15) is 0 Å². The molecule has 0 heterocycles. The highest BCUT2D eigenvalue weighted by molar-refractivity contribution is 4.66. The van der Waals surface area contributed by atoms with Gasteiger partial charge in [-0.15, -0.1) is 0 Å². The highest BCUT2D eigenvalue weighted by Gasteiger charge is 2.13. The van der Waals surface area contributed by atoms with E-state index in [-0.39, 0.29) is 0 Å². The van der Waals surface area contributed by atoms with Crippen molar-refractivity contribution in [3.05, 3.63) is 0 Å². The second-order valence-electron chi connectivity index (χ2n) is 9.41. The average Bonchev–Trinajstić information content (AvgIpc) is 2.68. The van der Waals surface area contributed by atoms with E-state index in [2.05, 4.69) is 13.8 Å². The van der Waals surface area contributed by atoms with E-state index in [0.29, 0.717) is 0 Å². The van der Waals surface area contributed by atoms with E-state index in [1.165, 1.54) is 141 Å². The molecule has 0 saturated heterocycles. The van der Waals surface area contributed by atoms with Crippen LogP contribution >= 0.6 is 0 Å². The SMILES string of the molecule is CCCCCCCCCCC(CCCC)CCCCCC1CCCCC1. The quantitative estimate of drug-likeness (QED) is 0.212. The fourth-order valence-corrected chi connectivity index (χ4v) is 5.01. The highest BCUT2D eigenvalue weighted by Crippen LogP contribution is 2.29. The van der Waals surface area contributed by atoms with Crippen molar-refractivity contribution in [1.29, 1.82) is 0 Å². The summed E-state index contributed by atoms with van der Waals surface area (Å²) in [6.45, 7) is 4.67. The van der Waals surface area contributed by atoms with Gasteiger partial charge < -0.3 is 0 Å². The third-order valence-corrected chi connectivity index (χ3v) is 6.88. The van der Waals surface area contributed by atoms with E-state index in [1.54, 1.807) is 0 Å². The van der Waals surface area contributed by atoms with Gasteiger partial charge >= 0.3 is 0 Å². The third-order valence-electron chi connectivity index (χ3n) is 6.88. The molecular formula is C26H52. The van der Waals surface area contributed by atoms with Gasteiger partial charge in [-0.1, -0.05) is 155 Å². The summed E-state index contributed by atoms with van der Waals surface area (Å²) in [6.07, 6.45) is 32.9.